The molecule has 0 spiro atoms. The SMILES string of the molecule is CCC(C)CC(N)Cc1cccc2ccccc12. The first-order chi connectivity index (χ1) is 8.70. The van der Waals surface area contributed by atoms with Gasteiger partial charge in [-0.15, -0.1) is 0 Å². The van der Waals surface area contributed by atoms with E-state index in [9.17, 15) is 0 Å². The van der Waals surface area contributed by atoms with Crippen LogP contribution in [0, 0.1) is 5.92 Å². The summed E-state index contributed by atoms with van der Waals surface area (Å²) in [5, 5.41) is 2.66. The molecule has 0 aliphatic heterocycles. The highest BCUT2D eigenvalue weighted by Gasteiger charge is 2.10. The van der Waals surface area contributed by atoms with Crippen molar-refractivity contribution in [2.24, 2.45) is 11.7 Å². The van der Waals surface area contributed by atoms with Gasteiger partial charge in [0.15, 0.2) is 0 Å². The van der Waals surface area contributed by atoms with Gasteiger partial charge in [0.1, 0.15) is 0 Å². The van der Waals surface area contributed by atoms with Gasteiger partial charge in [-0.05, 0) is 35.1 Å². The summed E-state index contributed by atoms with van der Waals surface area (Å²) in [6.45, 7) is 4.51. The first kappa shape index (κ1) is 13.1. The molecular weight excluding hydrogens is 218 g/mol. The van der Waals surface area contributed by atoms with Crippen LogP contribution in [0.4, 0.5) is 0 Å². The lowest BCUT2D eigenvalue weighted by Gasteiger charge is -2.17. The molecule has 0 fully saturated rings. The molecule has 2 aromatic carbocycles. The van der Waals surface area contributed by atoms with E-state index in [0.717, 1.165) is 18.8 Å². The zero-order valence-corrected chi connectivity index (χ0v) is 11.4. The lowest BCUT2D eigenvalue weighted by Crippen LogP contribution is -2.25. The Hall–Kier alpha value is -1.34. The van der Waals surface area contributed by atoms with E-state index in [1.54, 1.807) is 0 Å². The molecule has 2 unspecified atom stereocenters. The second-order valence-electron chi connectivity index (χ2n) is 5.35. The van der Waals surface area contributed by atoms with E-state index < -0.39 is 0 Å². The summed E-state index contributed by atoms with van der Waals surface area (Å²) in [5.74, 6) is 0.718. The molecule has 0 saturated heterocycles. The zero-order chi connectivity index (χ0) is 13.0. The molecule has 1 heteroatoms. The maximum atomic E-state index is 6.27. The minimum atomic E-state index is 0.269. The van der Waals surface area contributed by atoms with Crippen LogP contribution in [0.5, 0.6) is 0 Å². The lowest BCUT2D eigenvalue weighted by atomic mass is 9.93. The van der Waals surface area contributed by atoms with Crippen molar-refractivity contribution in [2.45, 2.75) is 39.2 Å². The Morgan fingerprint density at radius 3 is 2.56 bits per heavy atom. The molecule has 0 aromatic heterocycles. The van der Waals surface area contributed by atoms with Crippen molar-refractivity contribution >= 4 is 10.8 Å². The molecule has 0 amide bonds. The Bertz CT molecular complexity index is 498. The molecule has 0 aliphatic rings. The monoisotopic (exact) mass is 241 g/mol. The smallest absolute Gasteiger partial charge is 0.00820 e. The minimum absolute atomic E-state index is 0.269. The van der Waals surface area contributed by atoms with E-state index in [1.807, 2.05) is 0 Å². The number of fused-ring (bicyclic) bond motifs is 1. The van der Waals surface area contributed by atoms with Crippen molar-refractivity contribution in [1.82, 2.24) is 0 Å². The summed E-state index contributed by atoms with van der Waals surface area (Å²) in [6, 6.07) is 15.3. The molecule has 96 valence electrons. The molecule has 0 heterocycles. The van der Waals surface area contributed by atoms with Gasteiger partial charge in [-0.1, -0.05) is 62.7 Å². The first-order valence-corrected chi connectivity index (χ1v) is 6.93. The summed E-state index contributed by atoms with van der Waals surface area (Å²) in [4.78, 5) is 0. The molecule has 1 nitrogen and oxygen atoms in total. The van der Waals surface area contributed by atoms with Gasteiger partial charge in [-0.2, -0.15) is 0 Å². The second kappa shape index (κ2) is 6.01. The Balaban J connectivity index is 2.16. The number of hydrogen-bond donors (Lipinski definition) is 1. The highest BCUT2D eigenvalue weighted by atomic mass is 14.6. The molecule has 18 heavy (non-hydrogen) atoms. The van der Waals surface area contributed by atoms with Crippen LogP contribution in [0.25, 0.3) is 10.8 Å². The van der Waals surface area contributed by atoms with Crippen molar-refractivity contribution in [3.05, 3.63) is 48.0 Å². The van der Waals surface area contributed by atoms with Gasteiger partial charge in [0.25, 0.3) is 0 Å². The second-order valence-corrected chi connectivity index (χ2v) is 5.35. The van der Waals surface area contributed by atoms with E-state index in [1.165, 1.54) is 22.8 Å². The summed E-state index contributed by atoms with van der Waals surface area (Å²) in [5.41, 5.74) is 7.65. The largest absolute Gasteiger partial charge is 0.327 e. The zero-order valence-electron chi connectivity index (χ0n) is 11.4. The van der Waals surface area contributed by atoms with Gasteiger partial charge in [0, 0.05) is 6.04 Å². The lowest BCUT2D eigenvalue weighted by molar-refractivity contribution is 0.451. The van der Waals surface area contributed by atoms with E-state index in [4.69, 9.17) is 5.73 Å². The van der Waals surface area contributed by atoms with E-state index in [2.05, 4.69) is 56.3 Å². The van der Waals surface area contributed by atoms with E-state index in [0.29, 0.717) is 0 Å². The van der Waals surface area contributed by atoms with Crippen LogP contribution in [0.15, 0.2) is 42.5 Å². The molecule has 2 atom stereocenters. The number of hydrogen-bond acceptors (Lipinski definition) is 1. The van der Waals surface area contributed by atoms with Crippen molar-refractivity contribution in [3.63, 3.8) is 0 Å². The van der Waals surface area contributed by atoms with E-state index in [-0.39, 0.29) is 6.04 Å². The quantitative estimate of drug-likeness (QED) is 0.836. The number of nitrogens with two attached hydrogens (primary N) is 1. The van der Waals surface area contributed by atoms with Crippen LogP contribution in [-0.4, -0.2) is 6.04 Å². The summed E-state index contributed by atoms with van der Waals surface area (Å²) >= 11 is 0. The maximum Gasteiger partial charge on any atom is 0.00820 e. The Morgan fingerprint density at radius 2 is 1.78 bits per heavy atom. The van der Waals surface area contributed by atoms with Crippen molar-refractivity contribution in [2.75, 3.05) is 0 Å². The number of benzene rings is 2. The van der Waals surface area contributed by atoms with Crippen LogP contribution in [0.3, 0.4) is 0 Å². The molecule has 0 saturated carbocycles. The van der Waals surface area contributed by atoms with Gasteiger partial charge < -0.3 is 5.73 Å². The molecular formula is C17H23N. The first-order valence-electron chi connectivity index (χ1n) is 6.93. The standard InChI is InChI=1S/C17H23N/c1-3-13(2)11-16(18)12-15-9-6-8-14-7-4-5-10-17(14)15/h4-10,13,16H,3,11-12,18H2,1-2H3. The Kier molecular flexibility index (Phi) is 4.38. The van der Waals surface area contributed by atoms with Crippen molar-refractivity contribution < 1.29 is 0 Å². The van der Waals surface area contributed by atoms with Crippen molar-refractivity contribution in [3.8, 4) is 0 Å². The molecule has 2 rings (SSSR count). The third-order valence-electron chi connectivity index (χ3n) is 3.76. The highest BCUT2D eigenvalue weighted by Crippen LogP contribution is 2.21. The van der Waals surface area contributed by atoms with Crippen LogP contribution < -0.4 is 5.73 Å². The van der Waals surface area contributed by atoms with Gasteiger partial charge in [-0.25, -0.2) is 0 Å². The normalized spacial score (nSPS) is 14.6. The predicted molar refractivity (Wildman–Crippen MR) is 79.7 cm³/mol. The number of rotatable bonds is 5. The fourth-order valence-electron chi connectivity index (χ4n) is 2.52. The predicted octanol–water partition coefficient (Wildman–Crippen LogP) is 4.15. The fraction of sp³-hybridized carbons (Fsp3) is 0.412. The molecule has 0 aliphatic carbocycles. The van der Waals surface area contributed by atoms with Crippen LogP contribution in [0.2, 0.25) is 0 Å². The van der Waals surface area contributed by atoms with Gasteiger partial charge in [0.05, 0.1) is 0 Å². The van der Waals surface area contributed by atoms with Gasteiger partial charge in [0.2, 0.25) is 0 Å². The van der Waals surface area contributed by atoms with E-state index >= 15 is 0 Å². The molecule has 2 N–H and O–H groups in total. The van der Waals surface area contributed by atoms with Crippen LogP contribution in [-0.2, 0) is 6.42 Å². The van der Waals surface area contributed by atoms with Gasteiger partial charge >= 0.3 is 0 Å². The topological polar surface area (TPSA) is 26.0 Å². The molecule has 0 radical (unpaired) electrons. The minimum Gasteiger partial charge on any atom is -0.327 e. The Labute approximate surface area is 110 Å². The average Bonchev–Trinajstić information content (AvgIpc) is 2.39. The molecule has 0 bridgehead atoms. The van der Waals surface area contributed by atoms with Crippen LogP contribution in [0.1, 0.15) is 32.3 Å². The van der Waals surface area contributed by atoms with Crippen molar-refractivity contribution in [1.29, 1.82) is 0 Å². The average molecular weight is 241 g/mol. The molecule has 2 aromatic rings. The fourth-order valence-corrected chi connectivity index (χ4v) is 2.52. The maximum absolute atomic E-state index is 6.27. The van der Waals surface area contributed by atoms with Gasteiger partial charge in [-0.3, -0.25) is 0 Å². The third-order valence-corrected chi connectivity index (χ3v) is 3.76. The summed E-state index contributed by atoms with van der Waals surface area (Å²) in [6.07, 6.45) is 3.30. The summed E-state index contributed by atoms with van der Waals surface area (Å²) < 4.78 is 0. The third kappa shape index (κ3) is 3.11. The Morgan fingerprint density at radius 1 is 1.06 bits per heavy atom. The van der Waals surface area contributed by atoms with Crippen LogP contribution >= 0.6 is 0 Å². The highest BCUT2D eigenvalue weighted by molar-refractivity contribution is 5.85. The summed E-state index contributed by atoms with van der Waals surface area (Å²) in [7, 11) is 0.